The fourth-order valence-electron chi connectivity index (χ4n) is 3.37. The number of carbonyl (C=O) groups is 1. The average Bonchev–Trinajstić information content (AvgIpc) is 2.71. The highest BCUT2D eigenvalue weighted by atomic mass is 16.5. The predicted molar refractivity (Wildman–Crippen MR) is 94.2 cm³/mol. The zero-order chi connectivity index (χ0) is 16.9. The zero-order valence-corrected chi connectivity index (χ0v) is 13.7. The van der Waals surface area contributed by atoms with Crippen molar-refractivity contribution in [3.05, 3.63) is 65.5 Å². The van der Waals surface area contributed by atoms with Crippen LogP contribution in [0.1, 0.15) is 24.0 Å². The van der Waals surface area contributed by atoms with E-state index in [-0.39, 0.29) is 18.3 Å². The van der Waals surface area contributed by atoms with Crippen molar-refractivity contribution in [3.8, 4) is 0 Å². The maximum atomic E-state index is 11.2. The van der Waals surface area contributed by atoms with Gasteiger partial charge in [0, 0.05) is 5.92 Å². The molecule has 4 heteroatoms. The smallest absolute Gasteiger partial charge is 0.307 e. The number of benzene rings is 1. The van der Waals surface area contributed by atoms with E-state index in [4.69, 9.17) is 10.5 Å². The van der Waals surface area contributed by atoms with Crippen molar-refractivity contribution in [2.24, 2.45) is 17.6 Å². The van der Waals surface area contributed by atoms with Crippen molar-refractivity contribution in [2.45, 2.75) is 19.3 Å². The number of nitrogens with two attached hydrogens (primary N) is 1. The van der Waals surface area contributed by atoms with E-state index in [9.17, 15) is 9.90 Å². The van der Waals surface area contributed by atoms with Crippen molar-refractivity contribution in [2.75, 3.05) is 13.2 Å². The first-order chi connectivity index (χ1) is 11.7. The number of carboxylic acids is 1. The number of fused-ring (bicyclic) bond motifs is 2. The molecule has 0 heterocycles. The van der Waals surface area contributed by atoms with Crippen molar-refractivity contribution >= 4 is 11.5 Å². The lowest BCUT2D eigenvalue weighted by molar-refractivity contribution is -0.135. The first kappa shape index (κ1) is 16.5. The second kappa shape index (κ2) is 7.49. The summed E-state index contributed by atoms with van der Waals surface area (Å²) in [5, 5.41) is 9.24. The lowest BCUT2D eigenvalue weighted by Gasteiger charge is -2.23. The van der Waals surface area contributed by atoms with E-state index in [1.807, 2.05) is 24.3 Å². The Bertz CT molecular complexity index is 703. The molecule has 0 saturated carbocycles. The van der Waals surface area contributed by atoms with E-state index in [0.717, 1.165) is 29.7 Å². The Balaban J connectivity index is 1.88. The number of ether oxygens (including phenoxy) is 1. The number of carboxylic acid groups (broad SMARTS) is 1. The first-order valence-electron chi connectivity index (χ1n) is 8.41. The SMILES string of the molecule is NCCCOC1=CC2Cc3ccccc3C(CC(=O)O)=CC2C=C1. The molecule has 24 heavy (non-hydrogen) atoms. The van der Waals surface area contributed by atoms with Crippen LogP contribution in [0.4, 0.5) is 0 Å². The fourth-order valence-corrected chi connectivity index (χ4v) is 3.37. The van der Waals surface area contributed by atoms with E-state index in [1.165, 1.54) is 5.56 Å². The van der Waals surface area contributed by atoms with Gasteiger partial charge in [-0.25, -0.2) is 0 Å². The highest BCUT2D eigenvalue weighted by Gasteiger charge is 2.26. The Morgan fingerprint density at radius 2 is 2.12 bits per heavy atom. The Morgan fingerprint density at radius 1 is 1.29 bits per heavy atom. The van der Waals surface area contributed by atoms with Gasteiger partial charge in [-0.15, -0.1) is 0 Å². The molecule has 4 nitrogen and oxygen atoms in total. The second-order valence-electron chi connectivity index (χ2n) is 6.28. The number of allylic oxidation sites excluding steroid dienone is 4. The quantitative estimate of drug-likeness (QED) is 0.788. The standard InChI is InChI=1S/C20H23NO3/c21-8-3-9-24-18-7-6-14-10-17(13-20(22)23)19-5-2-1-4-15(19)11-16(14)12-18/h1-2,4-7,10,12,14,16H,3,8-9,11,13,21H2,(H,22,23). The van der Waals surface area contributed by atoms with Gasteiger partial charge in [-0.3, -0.25) is 4.79 Å². The zero-order valence-electron chi connectivity index (χ0n) is 13.7. The molecule has 0 spiro atoms. The number of aliphatic carboxylic acids is 1. The molecule has 2 atom stereocenters. The highest BCUT2D eigenvalue weighted by molar-refractivity contribution is 5.85. The Labute approximate surface area is 142 Å². The summed E-state index contributed by atoms with van der Waals surface area (Å²) >= 11 is 0. The van der Waals surface area contributed by atoms with Gasteiger partial charge in [-0.1, -0.05) is 36.4 Å². The molecule has 2 aliphatic rings. The molecule has 3 rings (SSSR count). The Morgan fingerprint density at radius 3 is 2.92 bits per heavy atom. The van der Waals surface area contributed by atoms with E-state index >= 15 is 0 Å². The summed E-state index contributed by atoms with van der Waals surface area (Å²) < 4.78 is 5.77. The van der Waals surface area contributed by atoms with Gasteiger partial charge in [0.2, 0.25) is 0 Å². The third-order valence-electron chi connectivity index (χ3n) is 4.53. The van der Waals surface area contributed by atoms with Gasteiger partial charge in [0.05, 0.1) is 13.0 Å². The van der Waals surface area contributed by atoms with Crippen LogP contribution in [0.25, 0.3) is 5.57 Å². The topological polar surface area (TPSA) is 72.5 Å². The van der Waals surface area contributed by atoms with Crippen LogP contribution in [0.5, 0.6) is 0 Å². The number of hydrogen-bond donors (Lipinski definition) is 2. The molecule has 0 bridgehead atoms. The Kier molecular flexibility index (Phi) is 5.16. The molecule has 2 unspecified atom stereocenters. The number of rotatable bonds is 6. The third kappa shape index (κ3) is 3.77. The molecular weight excluding hydrogens is 302 g/mol. The normalized spacial score (nSPS) is 21.9. The average molecular weight is 325 g/mol. The minimum Gasteiger partial charge on any atom is -0.494 e. The summed E-state index contributed by atoms with van der Waals surface area (Å²) in [7, 11) is 0. The van der Waals surface area contributed by atoms with Crippen LogP contribution in [-0.4, -0.2) is 24.2 Å². The highest BCUT2D eigenvalue weighted by Crippen LogP contribution is 2.37. The molecule has 3 N–H and O–H groups in total. The molecule has 0 fully saturated rings. The van der Waals surface area contributed by atoms with Crippen LogP contribution in [0.2, 0.25) is 0 Å². The van der Waals surface area contributed by atoms with Gasteiger partial charge in [-0.05, 0) is 54.2 Å². The molecule has 2 aliphatic carbocycles. The van der Waals surface area contributed by atoms with Crippen LogP contribution >= 0.6 is 0 Å². The summed E-state index contributed by atoms with van der Waals surface area (Å²) in [6, 6.07) is 8.09. The third-order valence-corrected chi connectivity index (χ3v) is 4.53. The van der Waals surface area contributed by atoms with E-state index in [2.05, 4.69) is 24.3 Å². The molecule has 0 saturated heterocycles. The lowest BCUT2D eigenvalue weighted by Crippen LogP contribution is -2.15. The van der Waals surface area contributed by atoms with Crippen molar-refractivity contribution < 1.29 is 14.6 Å². The summed E-state index contributed by atoms with van der Waals surface area (Å²) in [4.78, 5) is 11.2. The molecule has 0 aromatic heterocycles. The van der Waals surface area contributed by atoms with Gasteiger partial charge in [-0.2, -0.15) is 0 Å². The van der Waals surface area contributed by atoms with Gasteiger partial charge in [0.25, 0.3) is 0 Å². The predicted octanol–water partition coefficient (Wildman–Crippen LogP) is 3.15. The molecule has 0 radical (unpaired) electrons. The summed E-state index contributed by atoms with van der Waals surface area (Å²) in [6.45, 7) is 1.25. The van der Waals surface area contributed by atoms with E-state index in [1.54, 1.807) is 0 Å². The van der Waals surface area contributed by atoms with E-state index < -0.39 is 5.97 Å². The minimum absolute atomic E-state index is 0.0532. The summed E-state index contributed by atoms with van der Waals surface area (Å²) in [5.41, 5.74) is 8.66. The lowest BCUT2D eigenvalue weighted by atomic mass is 9.84. The van der Waals surface area contributed by atoms with Crippen LogP contribution in [0, 0.1) is 11.8 Å². The second-order valence-corrected chi connectivity index (χ2v) is 6.28. The molecule has 0 amide bonds. The summed E-state index contributed by atoms with van der Waals surface area (Å²) in [5.74, 6) is 0.580. The minimum atomic E-state index is -0.796. The molecule has 1 aromatic rings. The van der Waals surface area contributed by atoms with Crippen LogP contribution in [0.3, 0.4) is 0 Å². The van der Waals surface area contributed by atoms with Crippen molar-refractivity contribution in [3.63, 3.8) is 0 Å². The first-order valence-corrected chi connectivity index (χ1v) is 8.41. The summed E-state index contributed by atoms with van der Waals surface area (Å²) in [6.07, 6.45) is 10.2. The Hall–Kier alpha value is -2.33. The molecule has 126 valence electrons. The van der Waals surface area contributed by atoms with Crippen molar-refractivity contribution in [1.29, 1.82) is 0 Å². The van der Waals surface area contributed by atoms with Gasteiger partial charge in [0.15, 0.2) is 0 Å². The molecular formula is C20H23NO3. The molecule has 1 aromatic carbocycles. The maximum Gasteiger partial charge on any atom is 0.307 e. The van der Waals surface area contributed by atoms with Gasteiger partial charge in [0.1, 0.15) is 5.76 Å². The maximum absolute atomic E-state index is 11.2. The van der Waals surface area contributed by atoms with Gasteiger partial charge < -0.3 is 15.6 Å². The van der Waals surface area contributed by atoms with E-state index in [0.29, 0.717) is 13.2 Å². The largest absolute Gasteiger partial charge is 0.494 e. The van der Waals surface area contributed by atoms with Gasteiger partial charge >= 0.3 is 5.97 Å². The van der Waals surface area contributed by atoms with Crippen LogP contribution in [-0.2, 0) is 16.0 Å². The van der Waals surface area contributed by atoms with Crippen LogP contribution < -0.4 is 5.73 Å². The number of hydrogen-bond acceptors (Lipinski definition) is 3. The molecule has 0 aliphatic heterocycles. The monoisotopic (exact) mass is 325 g/mol. The fraction of sp³-hybridized carbons (Fsp3) is 0.350. The van der Waals surface area contributed by atoms with Crippen LogP contribution in [0.15, 0.2) is 54.3 Å². The van der Waals surface area contributed by atoms with Crippen molar-refractivity contribution in [1.82, 2.24) is 0 Å².